The molecule has 0 spiro atoms. The Morgan fingerprint density at radius 3 is 1.60 bits per heavy atom. The molecule has 0 rings (SSSR count). The summed E-state index contributed by atoms with van der Waals surface area (Å²) in [6.45, 7) is 4.33. The lowest BCUT2D eigenvalue weighted by atomic mass is 10.1. The first-order valence-electron chi connectivity index (χ1n) is 19.1. The van der Waals surface area contributed by atoms with E-state index in [-0.39, 0.29) is 32.0 Å². The van der Waals surface area contributed by atoms with Crippen LogP contribution in [0.15, 0.2) is 24.3 Å². The van der Waals surface area contributed by atoms with E-state index in [2.05, 4.69) is 38.2 Å². The highest BCUT2D eigenvalue weighted by molar-refractivity contribution is 7.47. The molecule has 0 aromatic rings. The second kappa shape index (κ2) is 31.5. The van der Waals surface area contributed by atoms with E-state index < -0.39 is 26.5 Å². The molecule has 282 valence electrons. The first kappa shape index (κ1) is 46.5. The number of likely N-dealkylation sites (N-methyl/N-ethyl adjacent to an activating group) is 1. The monoisotopic (exact) mass is 703 g/mol. The standard InChI is InChI=1S/C38H72NO8P/c1-6-8-10-12-14-16-18-19-21-22-24-26-28-30-37(40)44-34-36(35-46-48(42,43)45-33-32-39(3,4)5)47-38(41)31-29-27-25-23-20-17-15-13-11-9-7-2/h13,15-16,18,36H,6-12,14,17,19-35H2,1-5H3/p+1/b15-13+,18-16+/t36-/m1/s1. The van der Waals surface area contributed by atoms with Crippen LogP contribution in [0.25, 0.3) is 0 Å². The van der Waals surface area contributed by atoms with Crippen LogP contribution in [0.3, 0.4) is 0 Å². The first-order valence-corrected chi connectivity index (χ1v) is 20.6. The normalized spacial score (nSPS) is 14.0. The Morgan fingerprint density at radius 1 is 0.625 bits per heavy atom. The summed E-state index contributed by atoms with van der Waals surface area (Å²) >= 11 is 0. The van der Waals surface area contributed by atoms with Gasteiger partial charge in [-0.05, 0) is 57.8 Å². The molecule has 48 heavy (non-hydrogen) atoms. The highest BCUT2D eigenvalue weighted by Crippen LogP contribution is 2.43. The maximum atomic E-state index is 12.6. The fourth-order valence-corrected chi connectivity index (χ4v) is 5.61. The van der Waals surface area contributed by atoms with Crippen LogP contribution in [0.1, 0.15) is 155 Å². The molecule has 2 atom stereocenters. The third-order valence-corrected chi connectivity index (χ3v) is 8.94. The minimum Gasteiger partial charge on any atom is -0.462 e. The molecule has 0 saturated heterocycles. The van der Waals surface area contributed by atoms with Crippen LogP contribution >= 0.6 is 7.82 Å². The van der Waals surface area contributed by atoms with Gasteiger partial charge in [0.2, 0.25) is 0 Å². The molecular weight excluding hydrogens is 629 g/mol. The number of unbranched alkanes of at least 4 members (excludes halogenated alkanes) is 16. The summed E-state index contributed by atoms with van der Waals surface area (Å²) in [6.07, 6.45) is 30.8. The Balaban J connectivity index is 4.46. The Morgan fingerprint density at radius 2 is 1.08 bits per heavy atom. The molecular formula is C38H73NO8P+. The quantitative estimate of drug-likeness (QED) is 0.0232. The predicted octanol–water partition coefficient (Wildman–Crippen LogP) is 10.0. The Bertz CT molecular complexity index is 886. The summed E-state index contributed by atoms with van der Waals surface area (Å²) in [4.78, 5) is 35.1. The summed E-state index contributed by atoms with van der Waals surface area (Å²) in [5, 5.41) is 0. The van der Waals surface area contributed by atoms with Crippen molar-refractivity contribution in [2.75, 3.05) is 47.5 Å². The molecule has 0 bridgehead atoms. The van der Waals surface area contributed by atoms with Gasteiger partial charge in [-0.25, -0.2) is 4.57 Å². The molecule has 0 aliphatic carbocycles. The van der Waals surface area contributed by atoms with Gasteiger partial charge < -0.3 is 18.9 Å². The number of carbonyl (C=O) groups is 2. The lowest BCUT2D eigenvalue weighted by Crippen LogP contribution is -2.37. The van der Waals surface area contributed by atoms with Crippen LogP contribution in [0.2, 0.25) is 0 Å². The van der Waals surface area contributed by atoms with E-state index in [1.807, 2.05) is 21.1 Å². The average Bonchev–Trinajstić information content (AvgIpc) is 3.02. The zero-order valence-corrected chi connectivity index (χ0v) is 32.4. The maximum absolute atomic E-state index is 12.6. The van der Waals surface area contributed by atoms with E-state index in [1.54, 1.807) is 0 Å². The van der Waals surface area contributed by atoms with Gasteiger partial charge in [0.15, 0.2) is 6.10 Å². The number of rotatable bonds is 34. The molecule has 0 aromatic heterocycles. The van der Waals surface area contributed by atoms with E-state index >= 15 is 0 Å². The zero-order valence-electron chi connectivity index (χ0n) is 31.5. The number of hydrogen-bond donors (Lipinski definition) is 1. The Kier molecular flexibility index (Phi) is 30.5. The molecule has 0 heterocycles. The number of quaternary nitrogens is 1. The van der Waals surface area contributed by atoms with Gasteiger partial charge in [0.05, 0.1) is 27.7 Å². The number of ether oxygens (including phenoxy) is 2. The van der Waals surface area contributed by atoms with Crippen LogP contribution in [0, 0.1) is 0 Å². The molecule has 0 aromatic carbocycles. The van der Waals surface area contributed by atoms with Gasteiger partial charge >= 0.3 is 19.8 Å². The predicted molar refractivity (Wildman–Crippen MR) is 197 cm³/mol. The Hall–Kier alpha value is -1.51. The molecule has 0 aliphatic rings. The lowest BCUT2D eigenvalue weighted by molar-refractivity contribution is -0.870. The van der Waals surface area contributed by atoms with Crippen LogP contribution < -0.4 is 0 Å². The minimum absolute atomic E-state index is 0.0295. The summed E-state index contributed by atoms with van der Waals surface area (Å²) in [5.41, 5.74) is 0. The summed E-state index contributed by atoms with van der Waals surface area (Å²) in [5.74, 6) is -0.822. The number of phosphoric ester groups is 1. The number of esters is 2. The minimum atomic E-state index is -4.37. The highest BCUT2D eigenvalue weighted by Gasteiger charge is 2.27. The SMILES string of the molecule is CCCC/C=C/CCCCCCCC(=O)O[C@H](COC(=O)CCCCCCC/C=C/CCCCCC)COP(=O)(O)OCC[N+](C)(C)C. The molecule has 0 saturated carbocycles. The van der Waals surface area contributed by atoms with Gasteiger partial charge in [0.25, 0.3) is 0 Å². The van der Waals surface area contributed by atoms with Crippen molar-refractivity contribution in [3.8, 4) is 0 Å². The van der Waals surface area contributed by atoms with Crippen LogP contribution in [-0.4, -0.2) is 74.9 Å². The van der Waals surface area contributed by atoms with Gasteiger partial charge in [-0.1, -0.05) is 109 Å². The van der Waals surface area contributed by atoms with Crippen LogP contribution in [0.4, 0.5) is 0 Å². The second-order valence-electron chi connectivity index (χ2n) is 14.0. The third-order valence-electron chi connectivity index (χ3n) is 7.95. The van der Waals surface area contributed by atoms with Crippen molar-refractivity contribution in [2.24, 2.45) is 0 Å². The van der Waals surface area contributed by atoms with Gasteiger partial charge in [0.1, 0.15) is 19.8 Å². The molecule has 0 radical (unpaired) electrons. The number of hydrogen-bond acceptors (Lipinski definition) is 7. The van der Waals surface area contributed by atoms with E-state index in [0.29, 0.717) is 17.4 Å². The maximum Gasteiger partial charge on any atom is 0.472 e. The van der Waals surface area contributed by atoms with E-state index in [0.717, 1.165) is 77.0 Å². The molecule has 10 heteroatoms. The van der Waals surface area contributed by atoms with Crippen molar-refractivity contribution < 1.29 is 42.1 Å². The fraction of sp³-hybridized carbons (Fsp3) is 0.842. The van der Waals surface area contributed by atoms with Crippen LogP contribution in [0.5, 0.6) is 0 Å². The number of nitrogens with zero attached hydrogens (tertiary/aromatic N) is 1. The lowest BCUT2D eigenvalue weighted by Gasteiger charge is -2.24. The largest absolute Gasteiger partial charge is 0.472 e. The second-order valence-corrected chi connectivity index (χ2v) is 15.4. The Labute approximate surface area is 294 Å². The van der Waals surface area contributed by atoms with E-state index in [9.17, 15) is 19.0 Å². The van der Waals surface area contributed by atoms with Crippen molar-refractivity contribution in [3.63, 3.8) is 0 Å². The molecule has 1 unspecified atom stereocenters. The van der Waals surface area contributed by atoms with Crippen molar-refractivity contribution >= 4 is 19.8 Å². The summed E-state index contributed by atoms with van der Waals surface area (Å²) < 4.78 is 34.1. The van der Waals surface area contributed by atoms with Gasteiger partial charge in [0, 0.05) is 12.8 Å². The number of allylic oxidation sites excluding steroid dienone is 4. The third kappa shape index (κ3) is 34.4. The zero-order chi connectivity index (χ0) is 35.8. The molecule has 9 nitrogen and oxygen atoms in total. The topological polar surface area (TPSA) is 108 Å². The molecule has 0 fully saturated rings. The van der Waals surface area contributed by atoms with Crippen molar-refractivity contribution in [1.82, 2.24) is 0 Å². The number of phosphoric acid groups is 1. The highest BCUT2D eigenvalue weighted by atomic mass is 31.2. The number of carbonyl (C=O) groups excluding carboxylic acids is 2. The van der Waals surface area contributed by atoms with Gasteiger partial charge in [-0.3, -0.25) is 18.6 Å². The van der Waals surface area contributed by atoms with Crippen molar-refractivity contribution in [3.05, 3.63) is 24.3 Å². The summed E-state index contributed by atoms with van der Waals surface area (Å²) in [7, 11) is 1.46. The molecule has 0 aliphatic heterocycles. The van der Waals surface area contributed by atoms with E-state index in [1.165, 1.54) is 44.9 Å². The van der Waals surface area contributed by atoms with E-state index in [4.69, 9.17) is 18.5 Å². The fourth-order valence-electron chi connectivity index (χ4n) is 4.87. The first-order chi connectivity index (χ1) is 23.0. The van der Waals surface area contributed by atoms with Crippen molar-refractivity contribution in [1.29, 1.82) is 0 Å². The molecule has 0 amide bonds. The average molecular weight is 703 g/mol. The van der Waals surface area contributed by atoms with Crippen LogP contribution in [-0.2, 0) is 32.7 Å². The van der Waals surface area contributed by atoms with Gasteiger partial charge in [-0.2, -0.15) is 0 Å². The van der Waals surface area contributed by atoms with Crippen molar-refractivity contribution in [2.45, 2.75) is 161 Å². The summed E-state index contributed by atoms with van der Waals surface area (Å²) in [6, 6.07) is 0. The molecule has 1 N–H and O–H groups in total. The smallest absolute Gasteiger partial charge is 0.462 e. The van der Waals surface area contributed by atoms with Gasteiger partial charge in [-0.15, -0.1) is 0 Å².